The molecule has 0 saturated carbocycles. The highest BCUT2D eigenvalue weighted by Gasteiger charge is 2.28. The Balaban J connectivity index is 1.56. The highest BCUT2D eigenvalue weighted by Crippen LogP contribution is 2.24. The van der Waals surface area contributed by atoms with Crippen LogP contribution < -0.4 is 9.62 Å². The molecule has 7 nitrogen and oxygen atoms in total. The van der Waals surface area contributed by atoms with Gasteiger partial charge in [-0.25, -0.2) is 13.2 Å². The highest BCUT2D eigenvalue weighted by molar-refractivity contribution is 7.93. The number of carbonyl (C=O) groups excluding carboxylic acids is 2. The van der Waals surface area contributed by atoms with Crippen molar-refractivity contribution in [2.45, 2.75) is 13.0 Å². The van der Waals surface area contributed by atoms with E-state index in [1.807, 2.05) is 17.5 Å². The Bertz CT molecular complexity index is 894. The van der Waals surface area contributed by atoms with Crippen molar-refractivity contribution < 1.29 is 22.7 Å². The van der Waals surface area contributed by atoms with Crippen LogP contribution in [0.4, 0.5) is 5.69 Å². The van der Waals surface area contributed by atoms with E-state index in [1.54, 1.807) is 12.1 Å². The number of nitrogens with zero attached hydrogens (tertiary/aromatic N) is 1. The van der Waals surface area contributed by atoms with Crippen molar-refractivity contribution in [1.82, 2.24) is 5.32 Å². The number of carbonyl (C=O) groups is 2. The Morgan fingerprint density at radius 2 is 2.08 bits per heavy atom. The van der Waals surface area contributed by atoms with Crippen molar-refractivity contribution in [2.24, 2.45) is 0 Å². The van der Waals surface area contributed by atoms with E-state index in [0.29, 0.717) is 25.2 Å². The average molecular weight is 394 g/mol. The quantitative estimate of drug-likeness (QED) is 0.754. The average Bonchev–Trinajstić information content (AvgIpc) is 3.26. The lowest BCUT2D eigenvalue weighted by Crippen LogP contribution is -2.28. The fraction of sp³-hybridized carbons (Fsp3) is 0.294. The Morgan fingerprint density at radius 3 is 2.77 bits per heavy atom. The molecule has 0 bridgehead atoms. The molecule has 3 rings (SSSR count). The fourth-order valence-electron chi connectivity index (χ4n) is 2.58. The minimum Gasteiger partial charge on any atom is -0.452 e. The van der Waals surface area contributed by atoms with E-state index in [2.05, 4.69) is 5.32 Å². The molecule has 9 heteroatoms. The molecule has 1 fully saturated rings. The number of thiophene rings is 1. The minimum absolute atomic E-state index is 0.103. The molecule has 1 saturated heterocycles. The van der Waals surface area contributed by atoms with E-state index < -0.39 is 28.5 Å². The number of anilines is 1. The summed E-state index contributed by atoms with van der Waals surface area (Å²) in [5, 5.41) is 4.58. The second kappa shape index (κ2) is 7.88. The number of nitrogens with one attached hydrogen (secondary N) is 1. The zero-order chi connectivity index (χ0) is 18.6. The SMILES string of the molecule is O=C(COC(=O)c1cccc(N2CCCS2(=O)=O)c1)NCc1cccs1. The largest absolute Gasteiger partial charge is 0.452 e. The summed E-state index contributed by atoms with van der Waals surface area (Å²) >= 11 is 1.52. The highest BCUT2D eigenvalue weighted by atomic mass is 32.2. The van der Waals surface area contributed by atoms with Gasteiger partial charge in [0.15, 0.2) is 6.61 Å². The topological polar surface area (TPSA) is 92.8 Å². The Labute approximate surface area is 155 Å². The number of rotatable bonds is 6. The predicted octanol–water partition coefficient (Wildman–Crippen LogP) is 1.76. The third kappa shape index (κ3) is 4.41. The van der Waals surface area contributed by atoms with Crippen molar-refractivity contribution in [2.75, 3.05) is 23.2 Å². The van der Waals surface area contributed by atoms with Crippen LogP contribution in [0.3, 0.4) is 0 Å². The zero-order valence-corrected chi connectivity index (χ0v) is 15.5. The molecule has 1 N–H and O–H groups in total. The van der Waals surface area contributed by atoms with Gasteiger partial charge in [0.2, 0.25) is 10.0 Å². The number of benzene rings is 1. The normalized spacial score (nSPS) is 15.6. The van der Waals surface area contributed by atoms with Crippen LogP contribution in [0.1, 0.15) is 21.7 Å². The third-order valence-electron chi connectivity index (χ3n) is 3.84. The van der Waals surface area contributed by atoms with Crippen molar-refractivity contribution in [3.63, 3.8) is 0 Å². The van der Waals surface area contributed by atoms with Gasteiger partial charge in [0.1, 0.15) is 0 Å². The summed E-state index contributed by atoms with van der Waals surface area (Å²) in [4.78, 5) is 24.9. The van der Waals surface area contributed by atoms with Gasteiger partial charge in [-0.05, 0) is 36.1 Å². The smallest absolute Gasteiger partial charge is 0.338 e. The molecule has 0 radical (unpaired) electrons. The lowest BCUT2D eigenvalue weighted by Gasteiger charge is -2.17. The third-order valence-corrected chi connectivity index (χ3v) is 6.59. The second-order valence-corrected chi connectivity index (χ2v) is 8.77. The first-order valence-electron chi connectivity index (χ1n) is 8.02. The van der Waals surface area contributed by atoms with Gasteiger partial charge in [0.05, 0.1) is 23.5 Å². The number of sulfonamides is 1. The van der Waals surface area contributed by atoms with Gasteiger partial charge in [-0.3, -0.25) is 9.10 Å². The van der Waals surface area contributed by atoms with E-state index in [9.17, 15) is 18.0 Å². The number of hydrogen-bond donors (Lipinski definition) is 1. The molecule has 1 aliphatic heterocycles. The summed E-state index contributed by atoms with van der Waals surface area (Å²) < 4.78 is 30.3. The van der Waals surface area contributed by atoms with Gasteiger partial charge in [0, 0.05) is 11.4 Å². The van der Waals surface area contributed by atoms with Crippen molar-refractivity contribution in [1.29, 1.82) is 0 Å². The first kappa shape index (κ1) is 18.4. The van der Waals surface area contributed by atoms with Crippen molar-refractivity contribution in [3.8, 4) is 0 Å². The van der Waals surface area contributed by atoms with E-state index in [0.717, 1.165) is 4.88 Å². The van der Waals surface area contributed by atoms with E-state index in [4.69, 9.17) is 4.74 Å². The molecule has 1 aliphatic rings. The number of hydrogen-bond acceptors (Lipinski definition) is 6. The lowest BCUT2D eigenvalue weighted by molar-refractivity contribution is -0.124. The van der Waals surface area contributed by atoms with Gasteiger partial charge in [-0.15, -0.1) is 11.3 Å². The van der Waals surface area contributed by atoms with E-state index in [-0.39, 0.29) is 11.3 Å². The maximum Gasteiger partial charge on any atom is 0.338 e. The molecule has 26 heavy (non-hydrogen) atoms. The number of amides is 1. The van der Waals surface area contributed by atoms with Crippen molar-refractivity contribution in [3.05, 3.63) is 52.2 Å². The van der Waals surface area contributed by atoms with Crippen LogP contribution in [0.25, 0.3) is 0 Å². The monoisotopic (exact) mass is 394 g/mol. The molecule has 2 heterocycles. The maximum atomic E-state index is 12.1. The molecule has 138 valence electrons. The Kier molecular flexibility index (Phi) is 5.58. The Morgan fingerprint density at radius 1 is 1.23 bits per heavy atom. The first-order valence-corrected chi connectivity index (χ1v) is 10.5. The van der Waals surface area contributed by atoms with Crippen LogP contribution in [0.2, 0.25) is 0 Å². The van der Waals surface area contributed by atoms with E-state index in [1.165, 1.54) is 27.8 Å². The predicted molar refractivity (Wildman–Crippen MR) is 98.6 cm³/mol. The summed E-state index contributed by atoms with van der Waals surface area (Å²) in [6.45, 7) is 0.388. The molecule has 1 aromatic carbocycles. The first-order chi connectivity index (χ1) is 12.5. The van der Waals surface area contributed by atoms with Crippen LogP contribution >= 0.6 is 11.3 Å². The fourth-order valence-corrected chi connectivity index (χ4v) is 4.78. The second-order valence-electron chi connectivity index (χ2n) is 5.72. The standard InChI is InChI=1S/C17H18N2O5S2/c20-16(18-11-15-6-2-8-25-15)12-24-17(21)13-4-1-5-14(10-13)19-7-3-9-26(19,22)23/h1-2,4-6,8,10H,3,7,9,11-12H2,(H,18,20). The molecule has 0 spiro atoms. The molecule has 1 aromatic heterocycles. The summed E-state index contributed by atoms with van der Waals surface area (Å²) in [6, 6.07) is 10.0. The lowest BCUT2D eigenvalue weighted by atomic mass is 10.2. The summed E-state index contributed by atoms with van der Waals surface area (Å²) in [5.41, 5.74) is 0.634. The van der Waals surface area contributed by atoms with Crippen LogP contribution in [-0.4, -0.2) is 39.2 Å². The summed E-state index contributed by atoms with van der Waals surface area (Å²) in [5.74, 6) is -0.966. The van der Waals surface area contributed by atoms with Gasteiger partial charge in [0.25, 0.3) is 5.91 Å². The number of esters is 1. The summed E-state index contributed by atoms with van der Waals surface area (Å²) in [6.07, 6.45) is 0.557. The van der Waals surface area contributed by atoms with Crippen LogP contribution in [0.15, 0.2) is 41.8 Å². The maximum absolute atomic E-state index is 12.1. The Hall–Kier alpha value is -2.39. The molecular weight excluding hydrogens is 376 g/mol. The molecular formula is C17H18N2O5S2. The summed E-state index contributed by atoms with van der Waals surface area (Å²) in [7, 11) is -3.32. The zero-order valence-electron chi connectivity index (χ0n) is 13.9. The van der Waals surface area contributed by atoms with Crippen LogP contribution in [0.5, 0.6) is 0 Å². The van der Waals surface area contributed by atoms with Crippen LogP contribution in [-0.2, 0) is 26.1 Å². The van der Waals surface area contributed by atoms with Gasteiger partial charge < -0.3 is 10.1 Å². The van der Waals surface area contributed by atoms with Gasteiger partial charge >= 0.3 is 5.97 Å². The molecule has 0 aliphatic carbocycles. The van der Waals surface area contributed by atoms with Crippen LogP contribution in [0, 0.1) is 0 Å². The molecule has 0 atom stereocenters. The number of ether oxygens (including phenoxy) is 1. The molecule has 1 amide bonds. The van der Waals surface area contributed by atoms with Gasteiger partial charge in [-0.1, -0.05) is 12.1 Å². The van der Waals surface area contributed by atoms with E-state index >= 15 is 0 Å². The van der Waals surface area contributed by atoms with Crippen molar-refractivity contribution >= 4 is 38.9 Å². The van der Waals surface area contributed by atoms with Gasteiger partial charge in [-0.2, -0.15) is 0 Å². The molecule has 0 unspecified atom stereocenters. The molecule has 2 aromatic rings. The minimum atomic E-state index is -3.32.